The van der Waals surface area contributed by atoms with E-state index in [1.54, 1.807) is 12.1 Å². The van der Waals surface area contributed by atoms with E-state index in [-0.39, 0.29) is 23.4 Å². The number of halogens is 1. The van der Waals surface area contributed by atoms with Gasteiger partial charge < -0.3 is 5.32 Å². The van der Waals surface area contributed by atoms with E-state index in [1.807, 2.05) is 6.07 Å². The Morgan fingerprint density at radius 1 is 1.50 bits per heavy atom. The van der Waals surface area contributed by atoms with Crippen LogP contribution in [0.1, 0.15) is 24.0 Å². The van der Waals surface area contributed by atoms with E-state index in [2.05, 4.69) is 10.2 Å². The van der Waals surface area contributed by atoms with Crippen molar-refractivity contribution in [1.82, 2.24) is 10.2 Å². The van der Waals surface area contributed by atoms with Gasteiger partial charge in [-0.25, -0.2) is 4.39 Å². The second-order valence-electron chi connectivity index (χ2n) is 5.42. The standard InChI is InChI=1S/C15H16FN3O/c16-14-10(7-17)3-1-4-11(14)9-19-6-2-5-12-13(19)8-18-15(12)20/h1,3-4,12-13H,2,5-6,8-9H2,(H,18,20). The molecule has 0 aliphatic carbocycles. The fraction of sp³-hybridized carbons (Fsp3) is 0.467. The fourth-order valence-electron chi connectivity index (χ4n) is 3.24. The summed E-state index contributed by atoms with van der Waals surface area (Å²) in [7, 11) is 0. The van der Waals surface area contributed by atoms with Crippen LogP contribution in [0.5, 0.6) is 0 Å². The third-order valence-electron chi connectivity index (χ3n) is 4.29. The van der Waals surface area contributed by atoms with Gasteiger partial charge in [-0.2, -0.15) is 5.26 Å². The van der Waals surface area contributed by atoms with Crippen LogP contribution in [0.25, 0.3) is 0 Å². The zero-order chi connectivity index (χ0) is 14.1. The molecule has 5 heteroatoms. The number of nitrogens with zero attached hydrogens (tertiary/aromatic N) is 2. The van der Waals surface area contributed by atoms with Gasteiger partial charge in [-0.15, -0.1) is 0 Å². The second-order valence-corrected chi connectivity index (χ2v) is 5.42. The first-order valence-corrected chi connectivity index (χ1v) is 6.90. The minimum absolute atomic E-state index is 0.0333. The molecule has 2 atom stereocenters. The summed E-state index contributed by atoms with van der Waals surface area (Å²) in [5, 5.41) is 11.8. The van der Waals surface area contributed by atoms with Gasteiger partial charge in [0.15, 0.2) is 0 Å². The molecule has 0 saturated carbocycles. The van der Waals surface area contributed by atoms with E-state index < -0.39 is 5.82 Å². The summed E-state index contributed by atoms with van der Waals surface area (Å²) >= 11 is 0. The summed E-state index contributed by atoms with van der Waals surface area (Å²) < 4.78 is 14.1. The summed E-state index contributed by atoms with van der Waals surface area (Å²) in [6.07, 6.45) is 1.86. The number of carbonyl (C=O) groups is 1. The van der Waals surface area contributed by atoms with Gasteiger partial charge in [0.2, 0.25) is 5.91 Å². The number of hydrogen-bond donors (Lipinski definition) is 1. The molecular weight excluding hydrogens is 257 g/mol. The molecule has 104 valence electrons. The molecule has 2 unspecified atom stereocenters. The molecule has 2 saturated heterocycles. The Bertz CT molecular complexity index is 581. The molecule has 0 spiro atoms. The van der Waals surface area contributed by atoms with Crippen LogP contribution < -0.4 is 5.32 Å². The highest BCUT2D eigenvalue weighted by Gasteiger charge is 2.40. The lowest BCUT2D eigenvalue weighted by atomic mass is 9.91. The monoisotopic (exact) mass is 273 g/mol. The fourth-order valence-corrected chi connectivity index (χ4v) is 3.24. The number of carbonyl (C=O) groups excluding carboxylic acids is 1. The van der Waals surface area contributed by atoms with Crippen molar-refractivity contribution in [2.24, 2.45) is 5.92 Å². The maximum absolute atomic E-state index is 14.1. The predicted octanol–water partition coefficient (Wildman–Crippen LogP) is 1.41. The Morgan fingerprint density at radius 3 is 3.15 bits per heavy atom. The Hall–Kier alpha value is -1.93. The quantitative estimate of drug-likeness (QED) is 0.886. The van der Waals surface area contributed by atoms with Gasteiger partial charge in [0, 0.05) is 24.7 Å². The van der Waals surface area contributed by atoms with Crippen LogP contribution in [0.15, 0.2) is 18.2 Å². The van der Waals surface area contributed by atoms with Gasteiger partial charge in [-0.05, 0) is 25.5 Å². The normalized spacial score (nSPS) is 25.9. The lowest BCUT2D eigenvalue weighted by Gasteiger charge is -2.35. The van der Waals surface area contributed by atoms with Gasteiger partial charge in [0.25, 0.3) is 0 Å². The topological polar surface area (TPSA) is 56.1 Å². The lowest BCUT2D eigenvalue weighted by Crippen LogP contribution is -2.45. The molecular formula is C15H16FN3O. The van der Waals surface area contributed by atoms with Gasteiger partial charge in [-0.3, -0.25) is 9.69 Å². The van der Waals surface area contributed by atoms with Crippen molar-refractivity contribution in [3.8, 4) is 6.07 Å². The molecule has 1 aromatic carbocycles. The van der Waals surface area contributed by atoms with Crippen molar-refractivity contribution in [2.75, 3.05) is 13.1 Å². The number of benzene rings is 1. The molecule has 2 heterocycles. The van der Waals surface area contributed by atoms with Crippen molar-refractivity contribution in [3.05, 3.63) is 35.1 Å². The maximum Gasteiger partial charge on any atom is 0.224 e. The third kappa shape index (κ3) is 2.16. The Labute approximate surface area is 117 Å². The van der Waals surface area contributed by atoms with E-state index in [0.29, 0.717) is 18.7 Å². The smallest absolute Gasteiger partial charge is 0.224 e. The maximum atomic E-state index is 14.1. The zero-order valence-electron chi connectivity index (χ0n) is 11.1. The number of amides is 1. The van der Waals surface area contributed by atoms with Crippen LogP contribution in [0.3, 0.4) is 0 Å². The molecule has 0 aromatic heterocycles. The van der Waals surface area contributed by atoms with E-state index in [0.717, 1.165) is 19.4 Å². The first-order chi connectivity index (χ1) is 9.70. The molecule has 4 nitrogen and oxygen atoms in total. The van der Waals surface area contributed by atoms with Crippen molar-refractivity contribution in [3.63, 3.8) is 0 Å². The number of nitrogens with one attached hydrogen (secondary N) is 1. The van der Waals surface area contributed by atoms with Crippen molar-refractivity contribution in [2.45, 2.75) is 25.4 Å². The van der Waals surface area contributed by atoms with E-state index in [9.17, 15) is 9.18 Å². The molecule has 0 bridgehead atoms. The zero-order valence-corrected chi connectivity index (χ0v) is 11.1. The molecule has 3 rings (SSSR count). The molecule has 2 fully saturated rings. The molecule has 20 heavy (non-hydrogen) atoms. The average molecular weight is 273 g/mol. The average Bonchev–Trinajstić information content (AvgIpc) is 2.84. The largest absolute Gasteiger partial charge is 0.354 e. The summed E-state index contributed by atoms with van der Waals surface area (Å²) in [5.74, 6) is -0.286. The van der Waals surface area contributed by atoms with Crippen molar-refractivity contribution < 1.29 is 9.18 Å². The van der Waals surface area contributed by atoms with Gasteiger partial charge in [0.1, 0.15) is 11.9 Å². The highest BCUT2D eigenvalue weighted by Crippen LogP contribution is 2.29. The van der Waals surface area contributed by atoms with Crippen LogP contribution in [-0.4, -0.2) is 29.9 Å². The van der Waals surface area contributed by atoms with Crippen LogP contribution in [0.2, 0.25) is 0 Å². The Morgan fingerprint density at radius 2 is 2.35 bits per heavy atom. The molecule has 1 aromatic rings. The second kappa shape index (κ2) is 5.22. The number of piperidine rings is 1. The molecule has 0 radical (unpaired) electrons. The summed E-state index contributed by atoms with van der Waals surface area (Å²) in [4.78, 5) is 13.9. The van der Waals surface area contributed by atoms with Crippen LogP contribution in [-0.2, 0) is 11.3 Å². The van der Waals surface area contributed by atoms with E-state index in [4.69, 9.17) is 5.26 Å². The highest BCUT2D eigenvalue weighted by molar-refractivity contribution is 5.82. The SMILES string of the molecule is N#Cc1cccc(CN2CCCC3C(=O)NCC32)c1F. The van der Waals surface area contributed by atoms with Crippen LogP contribution in [0.4, 0.5) is 4.39 Å². The summed E-state index contributed by atoms with van der Waals surface area (Å²) in [6, 6.07) is 6.92. The third-order valence-corrected chi connectivity index (χ3v) is 4.29. The summed E-state index contributed by atoms with van der Waals surface area (Å²) in [6.45, 7) is 1.97. The van der Waals surface area contributed by atoms with Gasteiger partial charge in [0.05, 0.1) is 11.5 Å². The van der Waals surface area contributed by atoms with Gasteiger partial charge >= 0.3 is 0 Å². The summed E-state index contributed by atoms with van der Waals surface area (Å²) in [5.41, 5.74) is 0.612. The minimum atomic E-state index is -0.436. The van der Waals surface area contributed by atoms with E-state index in [1.165, 1.54) is 6.07 Å². The molecule has 1 amide bonds. The van der Waals surface area contributed by atoms with Crippen molar-refractivity contribution >= 4 is 5.91 Å². The number of fused-ring (bicyclic) bond motifs is 1. The molecule has 2 aliphatic rings. The van der Waals surface area contributed by atoms with Crippen LogP contribution in [0, 0.1) is 23.1 Å². The number of rotatable bonds is 2. The number of nitriles is 1. The first-order valence-electron chi connectivity index (χ1n) is 6.90. The minimum Gasteiger partial charge on any atom is -0.354 e. The first kappa shape index (κ1) is 13.1. The highest BCUT2D eigenvalue weighted by atomic mass is 19.1. The number of hydrogen-bond acceptors (Lipinski definition) is 3. The predicted molar refractivity (Wildman–Crippen MR) is 71.0 cm³/mol. The Kier molecular flexibility index (Phi) is 3.41. The lowest BCUT2D eigenvalue weighted by molar-refractivity contribution is -0.124. The van der Waals surface area contributed by atoms with Crippen LogP contribution >= 0.6 is 0 Å². The van der Waals surface area contributed by atoms with Crippen molar-refractivity contribution in [1.29, 1.82) is 5.26 Å². The van der Waals surface area contributed by atoms with E-state index >= 15 is 0 Å². The van der Waals surface area contributed by atoms with Gasteiger partial charge in [-0.1, -0.05) is 12.1 Å². The molecule has 1 N–H and O–H groups in total. The Balaban J connectivity index is 1.81. The molecule has 2 aliphatic heterocycles. The number of likely N-dealkylation sites (tertiary alicyclic amines) is 1.